The highest BCUT2D eigenvalue weighted by Gasteiger charge is 2.34. The third-order valence-electron chi connectivity index (χ3n) is 6.48. The summed E-state index contributed by atoms with van der Waals surface area (Å²) in [6.45, 7) is 4.87. The quantitative estimate of drug-likeness (QED) is 0.531. The predicted molar refractivity (Wildman–Crippen MR) is 103 cm³/mol. The summed E-state index contributed by atoms with van der Waals surface area (Å²) in [5.41, 5.74) is 6.76. The van der Waals surface area contributed by atoms with Gasteiger partial charge in [-0.1, -0.05) is 32.0 Å². The van der Waals surface area contributed by atoms with Crippen molar-refractivity contribution in [3.8, 4) is 5.69 Å². The fraction of sp³-hybridized carbons (Fsp3) is 0.435. The van der Waals surface area contributed by atoms with Gasteiger partial charge >= 0.3 is 0 Å². The minimum Gasteiger partial charge on any atom is -0.299 e. The molecule has 1 aromatic heterocycles. The molecule has 0 N–H and O–H groups in total. The Morgan fingerprint density at radius 2 is 1.76 bits per heavy atom. The van der Waals surface area contributed by atoms with Crippen LogP contribution in [0.1, 0.15) is 62.5 Å². The molecule has 0 radical (unpaired) electrons. The van der Waals surface area contributed by atoms with Crippen molar-refractivity contribution >= 4 is 11.0 Å². The van der Waals surface area contributed by atoms with Crippen LogP contribution in [0, 0.1) is 11.8 Å². The maximum absolute atomic E-state index is 4.73. The number of para-hydroxylation sites is 1. The highest BCUT2D eigenvalue weighted by atomic mass is 15.0. The molecule has 2 aliphatic rings. The van der Waals surface area contributed by atoms with Crippen LogP contribution in [0.5, 0.6) is 0 Å². The highest BCUT2D eigenvalue weighted by molar-refractivity contribution is 5.80. The van der Waals surface area contributed by atoms with Crippen LogP contribution in [0.2, 0.25) is 0 Å². The van der Waals surface area contributed by atoms with Gasteiger partial charge in [-0.05, 0) is 84.7 Å². The molecule has 4 unspecified atom stereocenters. The van der Waals surface area contributed by atoms with Gasteiger partial charge in [0.25, 0.3) is 0 Å². The molecule has 5 rings (SSSR count). The van der Waals surface area contributed by atoms with Crippen LogP contribution < -0.4 is 0 Å². The highest BCUT2D eigenvalue weighted by Crippen LogP contribution is 2.49. The van der Waals surface area contributed by atoms with E-state index < -0.39 is 0 Å². The van der Waals surface area contributed by atoms with Crippen molar-refractivity contribution in [2.24, 2.45) is 11.8 Å². The molecule has 0 saturated heterocycles. The van der Waals surface area contributed by atoms with Crippen molar-refractivity contribution in [1.82, 2.24) is 9.55 Å². The van der Waals surface area contributed by atoms with E-state index in [9.17, 15) is 0 Å². The minimum absolute atomic E-state index is 0.654. The Labute approximate surface area is 149 Å². The number of hydrogen-bond acceptors (Lipinski definition) is 1. The van der Waals surface area contributed by atoms with Crippen LogP contribution in [0.25, 0.3) is 16.7 Å². The molecule has 0 spiro atoms. The Hall–Kier alpha value is -2.09. The number of hydrogen-bond donors (Lipinski definition) is 0. The molecule has 1 saturated carbocycles. The molecular weight excluding hydrogens is 304 g/mol. The predicted octanol–water partition coefficient (Wildman–Crippen LogP) is 6.05. The van der Waals surface area contributed by atoms with E-state index in [0.29, 0.717) is 5.92 Å². The maximum atomic E-state index is 4.73. The molecule has 2 nitrogen and oxygen atoms in total. The van der Waals surface area contributed by atoms with E-state index in [-0.39, 0.29) is 0 Å². The van der Waals surface area contributed by atoms with Gasteiger partial charge in [0.15, 0.2) is 0 Å². The minimum atomic E-state index is 0.654. The van der Waals surface area contributed by atoms with Gasteiger partial charge in [0.05, 0.1) is 11.0 Å². The third-order valence-corrected chi connectivity index (χ3v) is 6.48. The average molecular weight is 330 g/mol. The van der Waals surface area contributed by atoms with Crippen LogP contribution in [0.4, 0.5) is 0 Å². The first-order chi connectivity index (χ1) is 12.2. The van der Waals surface area contributed by atoms with Crippen molar-refractivity contribution in [3.05, 3.63) is 59.9 Å². The van der Waals surface area contributed by atoms with Crippen LogP contribution in [0.15, 0.2) is 48.8 Å². The number of nitrogens with zero attached hydrogens (tertiary/aromatic N) is 2. The smallest absolute Gasteiger partial charge is 0.100 e. The van der Waals surface area contributed by atoms with Crippen molar-refractivity contribution in [2.75, 3.05) is 0 Å². The van der Waals surface area contributed by atoms with Crippen LogP contribution >= 0.6 is 0 Å². The normalized spacial score (nSPS) is 28.6. The molecule has 128 valence electrons. The van der Waals surface area contributed by atoms with Crippen LogP contribution in [0.3, 0.4) is 0 Å². The SMILES string of the molecule is CC1CC2CC(C)c3cc4ncn(-c5ccccc5)c4cc3C(C1)C2. The van der Waals surface area contributed by atoms with E-state index in [2.05, 4.69) is 60.9 Å². The molecule has 2 bridgehead atoms. The molecule has 3 aromatic rings. The first-order valence-corrected chi connectivity index (χ1v) is 9.75. The summed E-state index contributed by atoms with van der Waals surface area (Å²) in [4.78, 5) is 4.73. The average Bonchev–Trinajstić information content (AvgIpc) is 3.00. The zero-order valence-electron chi connectivity index (χ0n) is 15.2. The molecule has 0 amide bonds. The zero-order valence-corrected chi connectivity index (χ0v) is 15.2. The summed E-state index contributed by atoms with van der Waals surface area (Å²) in [6.07, 6.45) is 7.48. The Morgan fingerprint density at radius 3 is 2.60 bits per heavy atom. The first-order valence-electron chi connectivity index (χ1n) is 9.75. The lowest BCUT2D eigenvalue weighted by molar-refractivity contribution is 0.244. The van der Waals surface area contributed by atoms with Gasteiger partial charge < -0.3 is 0 Å². The second kappa shape index (κ2) is 5.72. The molecule has 2 aromatic carbocycles. The Morgan fingerprint density at radius 1 is 0.920 bits per heavy atom. The number of rotatable bonds is 1. The molecule has 2 aliphatic carbocycles. The summed E-state index contributed by atoms with van der Waals surface area (Å²) in [5.74, 6) is 3.15. The summed E-state index contributed by atoms with van der Waals surface area (Å²) >= 11 is 0. The van der Waals surface area contributed by atoms with E-state index in [4.69, 9.17) is 4.98 Å². The fourth-order valence-electron chi connectivity index (χ4n) is 5.48. The van der Waals surface area contributed by atoms with Gasteiger partial charge in [-0.15, -0.1) is 0 Å². The lowest BCUT2D eigenvalue weighted by atomic mass is 9.74. The van der Waals surface area contributed by atoms with Crippen LogP contribution in [-0.2, 0) is 0 Å². The van der Waals surface area contributed by atoms with E-state index in [1.165, 1.54) is 36.9 Å². The summed E-state index contributed by atoms with van der Waals surface area (Å²) in [5, 5.41) is 0. The van der Waals surface area contributed by atoms with Gasteiger partial charge in [0, 0.05) is 5.69 Å². The number of imidazole rings is 1. The van der Waals surface area contributed by atoms with Crippen molar-refractivity contribution < 1.29 is 0 Å². The lowest BCUT2D eigenvalue weighted by Gasteiger charge is -2.32. The van der Waals surface area contributed by atoms with Gasteiger partial charge in [0.2, 0.25) is 0 Å². The van der Waals surface area contributed by atoms with E-state index in [0.717, 1.165) is 23.3 Å². The van der Waals surface area contributed by atoms with E-state index in [1.54, 1.807) is 11.1 Å². The van der Waals surface area contributed by atoms with E-state index >= 15 is 0 Å². The number of benzene rings is 2. The first kappa shape index (κ1) is 15.2. The Bertz CT molecular complexity index is 908. The summed E-state index contributed by atoms with van der Waals surface area (Å²) in [7, 11) is 0. The Kier molecular flexibility index (Phi) is 3.48. The van der Waals surface area contributed by atoms with Crippen molar-refractivity contribution in [1.29, 1.82) is 0 Å². The van der Waals surface area contributed by atoms with Gasteiger partial charge in [0.1, 0.15) is 6.33 Å². The van der Waals surface area contributed by atoms with Crippen molar-refractivity contribution in [3.63, 3.8) is 0 Å². The molecule has 1 fully saturated rings. The van der Waals surface area contributed by atoms with Gasteiger partial charge in [-0.3, -0.25) is 4.57 Å². The Balaban J connectivity index is 1.69. The maximum Gasteiger partial charge on any atom is 0.100 e. The fourth-order valence-corrected chi connectivity index (χ4v) is 5.48. The topological polar surface area (TPSA) is 17.8 Å². The molecule has 2 heteroatoms. The summed E-state index contributed by atoms with van der Waals surface area (Å²) < 4.78 is 2.24. The number of fused-ring (bicyclic) bond motifs is 5. The van der Waals surface area contributed by atoms with E-state index in [1.807, 2.05) is 6.33 Å². The molecule has 4 atom stereocenters. The molecular formula is C23H26N2. The standard InChI is InChI=1S/C23H26N2/c1-15-8-17-10-16(2)20-12-22-23(13-21(20)18(9-15)11-17)25(14-24-22)19-6-4-3-5-7-19/h3-7,12-18H,8-11H2,1-2H3. The summed E-state index contributed by atoms with van der Waals surface area (Å²) in [6, 6.07) is 15.4. The second-order valence-electron chi connectivity index (χ2n) is 8.43. The molecule has 25 heavy (non-hydrogen) atoms. The largest absolute Gasteiger partial charge is 0.299 e. The van der Waals surface area contributed by atoms with Gasteiger partial charge in [-0.2, -0.15) is 0 Å². The van der Waals surface area contributed by atoms with Crippen LogP contribution in [-0.4, -0.2) is 9.55 Å². The van der Waals surface area contributed by atoms with Crippen molar-refractivity contribution in [2.45, 2.75) is 51.4 Å². The second-order valence-corrected chi connectivity index (χ2v) is 8.43. The molecule has 0 aliphatic heterocycles. The third kappa shape index (κ3) is 2.50. The monoisotopic (exact) mass is 330 g/mol. The molecule has 1 heterocycles. The lowest BCUT2D eigenvalue weighted by Crippen LogP contribution is -2.18. The number of aromatic nitrogens is 2. The zero-order chi connectivity index (χ0) is 17.0. The van der Waals surface area contributed by atoms with Gasteiger partial charge in [-0.25, -0.2) is 4.98 Å².